The van der Waals surface area contributed by atoms with Gasteiger partial charge in [0.05, 0.1) is 12.0 Å². The number of hydrogen-bond donors (Lipinski definition) is 0. The van der Waals surface area contributed by atoms with Gasteiger partial charge in [-0.25, -0.2) is 0 Å². The summed E-state index contributed by atoms with van der Waals surface area (Å²) in [5.41, 5.74) is -1.86. The van der Waals surface area contributed by atoms with Crippen LogP contribution in [0.2, 0.25) is 0 Å². The summed E-state index contributed by atoms with van der Waals surface area (Å²) in [4.78, 5) is 49.0. The van der Waals surface area contributed by atoms with Crippen LogP contribution in [0.15, 0.2) is 11.6 Å². The first-order valence-corrected chi connectivity index (χ1v) is 10.8. The molecule has 0 bridgehead atoms. The van der Waals surface area contributed by atoms with Gasteiger partial charge in [0.1, 0.15) is 0 Å². The van der Waals surface area contributed by atoms with Gasteiger partial charge in [-0.1, -0.05) is 13.8 Å². The number of carbonyl (C=O) groups excluding carboxylic acids is 4. The third-order valence-electron chi connectivity index (χ3n) is 8.43. The van der Waals surface area contributed by atoms with Gasteiger partial charge in [-0.15, -0.1) is 0 Å². The third kappa shape index (κ3) is 3.05. The predicted molar refractivity (Wildman–Crippen MR) is 109 cm³/mol. The van der Waals surface area contributed by atoms with E-state index in [0.29, 0.717) is 44.1 Å². The van der Waals surface area contributed by atoms with E-state index < -0.39 is 22.4 Å². The molecule has 0 aromatic rings. The minimum atomic E-state index is -1.20. The smallest absolute Gasteiger partial charge is 0.303 e. The predicted octanol–water partition coefficient (Wildman–Crippen LogP) is 3.73. The van der Waals surface area contributed by atoms with E-state index in [0.717, 1.165) is 0 Å². The second-order valence-corrected chi connectivity index (χ2v) is 9.84. The van der Waals surface area contributed by atoms with Crippen LogP contribution in [0, 0.1) is 39.9 Å². The second kappa shape index (κ2) is 7.44. The zero-order chi connectivity index (χ0) is 22.5. The normalized spacial score (nSPS) is 40.7. The van der Waals surface area contributed by atoms with Gasteiger partial charge in [0.15, 0.2) is 23.0 Å². The lowest BCUT2D eigenvalue weighted by molar-refractivity contribution is -0.184. The summed E-state index contributed by atoms with van der Waals surface area (Å²) in [6.07, 6.45) is 4.69. The van der Waals surface area contributed by atoms with Crippen LogP contribution in [-0.4, -0.2) is 28.9 Å². The summed E-state index contributed by atoms with van der Waals surface area (Å²) >= 11 is 0. The van der Waals surface area contributed by atoms with Crippen molar-refractivity contribution in [2.45, 2.75) is 78.7 Å². The number of fused-ring (bicyclic) bond motifs is 1. The molecule has 0 unspecified atom stereocenters. The van der Waals surface area contributed by atoms with Crippen LogP contribution in [0.4, 0.5) is 0 Å². The van der Waals surface area contributed by atoms with Gasteiger partial charge < -0.3 is 4.74 Å². The number of rotatable bonds is 4. The fraction of sp³-hybridized carbons (Fsp3) is 0.708. The lowest BCUT2D eigenvalue weighted by Gasteiger charge is -2.54. The highest BCUT2D eigenvalue weighted by atomic mass is 16.6. The number of carbonyl (C=O) groups is 4. The Kier molecular flexibility index (Phi) is 5.56. The molecule has 0 radical (unpaired) electrons. The third-order valence-corrected chi connectivity index (χ3v) is 8.43. The van der Waals surface area contributed by atoms with Gasteiger partial charge in [-0.05, 0) is 63.9 Å². The van der Waals surface area contributed by atoms with Gasteiger partial charge in [0, 0.05) is 29.7 Å². The molecule has 0 N–H and O–H groups in total. The van der Waals surface area contributed by atoms with Crippen LogP contribution in [0.1, 0.15) is 73.1 Å². The summed E-state index contributed by atoms with van der Waals surface area (Å²) in [5, 5.41) is 10.2. The van der Waals surface area contributed by atoms with E-state index in [9.17, 15) is 24.4 Å². The van der Waals surface area contributed by atoms with Crippen molar-refractivity contribution in [3.63, 3.8) is 0 Å². The lowest BCUT2D eigenvalue weighted by atomic mass is 9.49. The van der Waals surface area contributed by atoms with Crippen LogP contribution < -0.4 is 0 Å². The Morgan fingerprint density at radius 1 is 1.07 bits per heavy atom. The topological polar surface area (TPSA) is 101 Å². The molecular weight excluding hydrogens is 382 g/mol. The number of ketones is 3. The second-order valence-electron chi connectivity index (χ2n) is 9.84. The molecule has 2 saturated carbocycles. The van der Waals surface area contributed by atoms with Crippen LogP contribution in [0.3, 0.4) is 0 Å². The highest BCUT2D eigenvalue weighted by molar-refractivity contribution is 6.04. The number of esters is 1. The van der Waals surface area contributed by atoms with Crippen LogP contribution >= 0.6 is 0 Å². The average molecular weight is 414 g/mol. The number of hydrogen-bond acceptors (Lipinski definition) is 6. The van der Waals surface area contributed by atoms with Gasteiger partial charge in [0.25, 0.3) is 0 Å². The number of Topliss-reactive ketones (excluding diaryl/α,β-unsaturated/α-hetero) is 2. The molecule has 2 fully saturated rings. The highest BCUT2D eigenvalue weighted by Gasteiger charge is 2.67. The Morgan fingerprint density at radius 3 is 2.23 bits per heavy atom. The summed E-state index contributed by atoms with van der Waals surface area (Å²) in [7, 11) is 0. The Labute approximate surface area is 178 Å². The molecule has 6 heteroatoms. The van der Waals surface area contributed by atoms with E-state index >= 15 is 0 Å². The summed E-state index contributed by atoms with van der Waals surface area (Å²) in [6.45, 7) is 8.25. The Balaban J connectivity index is 2.05. The van der Waals surface area contributed by atoms with E-state index in [1.165, 1.54) is 26.8 Å². The minimum absolute atomic E-state index is 0.0434. The molecule has 3 aliphatic rings. The van der Waals surface area contributed by atoms with Gasteiger partial charge >= 0.3 is 5.97 Å². The van der Waals surface area contributed by atoms with Crippen molar-refractivity contribution in [2.75, 3.05) is 0 Å². The van der Waals surface area contributed by atoms with E-state index in [-0.39, 0.29) is 35.1 Å². The monoisotopic (exact) mass is 413 g/mol. The number of nitriles is 1. The molecule has 6 atom stereocenters. The summed E-state index contributed by atoms with van der Waals surface area (Å²) in [5.74, 6) is -1.42. The van der Waals surface area contributed by atoms with Crippen molar-refractivity contribution in [2.24, 2.45) is 28.6 Å². The molecule has 0 amide bonds. The average Bonchev–Trinajstić information content (AvgIpc) is 2.95. The zero-order valence-corrected chi connectivity index (χ0v) is 18.5. The Morgan fingerprint density at radius 2 is 1.70 bits per heavy atom. The first-order chi connectivity index (χ1) is 13.9. The SMILES string of the molecule is CC(=O)O[C@]1(C(C)=O)CC[C@H]2[C@H](C#N)[C@@H]([C@@]3(C)CCC(=O)C=C3C(C)=O)CC[C@@]21C. The molecule has 0 saturated heterocycles. The largest absolute Gasteiger partial charge is 0.451 e. The molecule has 0 heterocycles. The number of allylic oxidation sites excluding steroid dienone is 2. The first-order valence-electron chi connectivity index (χ1n) is 10.8. The molecule has 30 heavy (non-hydrogen) atoms. The van der Waals surface area contributed by atoms with Crippen molar-refractivity contribution in [1.82, 2.24) is 0 Å². The quantitative estimate of drug-likeness (QED) is 0.651. The summed E-state index contributed by atoms with van der Waals surface area (Å²) in [6, 6.07) is 2.50. The number of nitrogens with zero attached hydrogens (tertiary/aromatic N) is 1. The van der Waals surface area contributed by atoms with Crippen LogP contribution in [0.5, 0.6) is 0 Å². The highest BCUT2D eigenvalue weighted by Crippen LogP contribution is 2.65. The van der Waals surface area contributed by atoms with Gasteiger partial charge in [0.2, 0.25) is 0 Å². The van der Waals surface area contributed by atoms with Crippen molar-refractivity contribution in [3.05, 3.63) is 11.6 Å². The van der Waals surface area contributed by atoms with Crippen LogP contribution in [-0.2, 0) is 23.9 Å². The molecule has 0 aromatic heterocycles. The lowest BCUT2D eigenvalue weighted by Crippen LogP contribution is -2.57. The zero-order valence-electron chi connectivity index (χ0n) is 18.5. The van der Waals surface area contributed by atoms with E-state index in [1.807, 2.05) is 13.8 Å². The van der Waals surface area contributed by atoms with Gasteiger partial charge in [-0.2, -0.15) is 5.26 Å². The molecule has 3 rings (SSSR count). The maximum Gasteiger partial charge on any atom is 0.303 e. The van der Waals surface area contributed by atoms with Crippen molar-refractivity contribution < 1.29 is 23.9 Å². The molecule has 162 valence electrons. The molecule has 0 aromatic carbocycles. The van der Waals surface area contributed by atoms with E-state index in [4.69, 9.17) is 4.74 Å². The molecular formula is C24H31NO5. The van der Waals surface area contributed by atoms with Crippen molar-refractivity contribution in [3.8, 4) is 6.07 Å². The van der Waals surface area contributed by atoms with Gasteiger partial charge in [-0.3, -0.25) is 19.2 Å². The molecule has 0 aliphatic heterocycles. The fourth-order valence-electron chi connectivity index (χ4n) is 6.90. The summed E-state index contributed by atoms with van der Waals surface area (Å²) < 4.78 is 5.70. The number of ether oxygens (including phenoxy) is 1. The van der Waals surface area contributed by atoms with Crippen molar-refractivity contribution in [1.29, 1.82) is 5.26 Å². The molecule has 0 spiro atoms. The maximum atomic E-state index is 12.7. The fourth-order valence-corrected chi connectivity index (χ4v) is 6.90. The first kappa shape index (κ1) is 22.4. The Bertz CT molecular complexity index is 883. The van der Waals surface area contributed by atoms with Crippen LogP contribution in [0.25, 0.3) is 0 Å². The standard InChI is InChI=1S/C24H31NO5/c1-14(26)21-12-17(29)6-9-22(21,4)19-7-10-23(5)20(18(19)13-25)8-11-24(23,15(2)27)30-16(3)28/h12,18-20H,6-11H2,1-5H3/t18-,19+,20+,22-,23+,24+/m1/s1. The molecule has 6 nitrogen and oxygen atoms in total. The van der Waals surface area contributed by atoms with E-state index in [2.05, 4.69) is 6.07 Å². The molecule has 3 aliphatic carbocycles. The minimum Gasteiger partial charge on any atom is -0.451 e. The van der Waals surface area contributed by atoms with Crippen molar-refractivity contribution >= 4 is 23.3 Å². The Hall–Kier alpha value is -2.29. The van der Waals surface area contributed by atoms with E-state index in [1.54, 1.807) is 0 Å². The maximum absolute atomic E-state index is 12.7.